The molecule has 0 spiro atoms. The van der Waals surface area contributed by atoms with Crippen molar-refractivity contribution >= 4 is 5.91 Å². The fourth-order valence-electron chi connectivity index (χ4n) is 3.35. The monoisotopic (exact) mass is 416 g/mol. The molecular formula is C24H49ClN2O. The summed E-state index contributed by atoms with van der Waals surface area (Å²) in [7, 11) is 4.42. The summed E-state index contributed by atoms with van der Waals surface area (Å²) in [5, 5.41) is 3.06. The molecule has 1 amide bonds. The molecule has 4 heteroatoms. The maximum atomic E-state index is 12.2. The molecule has 0 radical (unpaired) electrons. The number of hydrogen-bond acceptors (Lipinski definition) is 1. The van der Waals surface area contributed by atoms with Gasteiger partial charge in [-0.05, 0) is 19.3 Å². The molecule has 0 saturated carbocycles. The number of carbonyl (C=O) groups is 1. The van der Waals surface area contributed by atoms with E-state index in [1.54, 1.807) is 0 Å². The molecule has 0 rings (SSSR count). The lowest BCUT2D eigenvalue weighted by atomic mass is 10.1. The number of amides is 1. The van der Waals surface area contributed by atoms with Crippen LogP contribution in [-0.2, 0) is 4.79 Å². The predicted octanol–water partition coefficient (Wildman–Crippen LogP) is 3.59. The van der Waals surface area contributed by atoms with Gasteiger partial charge in [-0.3, -0.25) is 9.28 Å². The maximum Gasteiger partial charge on any atom is 0.249 e. The molecule has 0 aromatic heterocycles. The van der Waals surface area contributed by atoms with Crippen molar-refractivity contribution in [3.8, 4) is 0 Å². The third-order valence-electron chi connectivity index (χ3n) is 5.70. The average molecular weight is 417 g/mol. The molecule has 0 aliphatic rings. The van der Waals surface area contributed by atoms with Crippen LogP contribution in [0.1, 0.15) is 111 Å². The highest BCUT2D eigenvalue weighted by atomic mass is 35.5. The third kappa shape index (κ3) is 17.6. The molecular weight excluding hydrogens is 368 g/mol. The SMILES string of the molecule is CCCCCCCCCCNC(=O)/C=C(\C)[N+](C)(C)CCCCCCCC.[Cl-]. The summed E-state index contributed by atoms with van der Waals surface area (Å²) >= 11 is 0. The van der Waals surface area contributed by atoms with Gasteiger partial charge in [0.05, 0.1) is 26.7 Å². The van der Waals surface area contributed by atoms with E-state index in [9.17, 15) is 4.79 Å². The van der Waals surface area contributed by atoms with Crippen LogP contribution >= 0.6 is 0 Å². The molecule has 0 bridgehead atoms. The summed E-state index contributed by atoms with van der Waals surface area (Å²) in [4.78, 5) is 12.2. The number of hydrogen-bond donors (Lipinski definition) is 1. The Hall–Kier alpha value is -0.540. The van der Waals surface area contributed by atoms with Crippen LogP contribution in [0.15, 0.2) is 11.8 Å². The molecule has 0 aliphatic carbocycles. The van der Waals surface area contributed by atoms with E-state index in [4.69, 9.17) is 0 Å². The van der Waals surface area contributed by atoms with E-state index in [-0.39, 0.29) is 18.3 Å². The van der Waals surface area contributed by atoms with Gasteiger partial charge in [-0.1, -0.05) is 84.5 Å². The minimum absolute atomic E-state index is 0. The van der Waals surface area contributed by atoms with Crippen LogP contribution in [0.4, 0.5) is 0 Å². The summed E-state index contributed by atoms with van der Waals surface area (Å²) in [6.45, 7) is 8.52. The number of nitrogens with zero attached hydrogens (tertiary/aromatic N) is 1. The van der Waals surface area contributed by atoms with Crippen molar-refractivity contribution in [1.82, 2.24) is 5.32 Å². The first-order chi connectivity index (χ1) is 12.9. The van der Waals surface area contributed by atoms with Gasteiger partial charge in [0.1, 0.15) is 5.70 Å². The largest absolute Gasteiger partial charge is 1.00 e. The van der Waals surface area contributed by atoms with Crippen LogP contribution in [0.3, 0.4) is 0 Å². The van der Waals surface area contributed by atoms with Gasteiger partial charge in [0.15, 0.2) is 0 Å². The maximum absolute atomic E-state index is 12.2. The second-order valence-corrected chi connectivity index (χ2v) is 8.73. The minimum Gasteiger partial charge on any atom is -1.00 e. The second kappa shape index (κ2) is 19.8. The normalized spacial score (nSPS) is 12.0. The van der Waals surface area contributed by atoms with Crippen molar-refractivity contribution < 1.29 is 21.7 Å². The number of halogens is 1. The van der Waals surface area contributed by atoms with Gasteiger partial charge in [-0.15, -0.1) is 0 Å². The minimum atomic E-state index is 0. The fraction of sp³-hybridized carbons (Fsp3) is 0.875. The van der Waals surface area contributed by atoms with Crippen molar-refractivity contribution in [1.29, 1.82) is 0 Å². The van der Waals surface area contributed by atoms with E-state index in [0.717, 1.165) is 29.7 Å². The molecule has 168 valence electrons. The van der Waals surface area contributed by atoms with Crippen molar-refractivity contribution in [2.24, 2.45) is 0 Å². The molecule has 0 atom stereocenters. The molecule has 0 aliphatic heterocycles. The Morgan fingerprint density at radius 2 is 1.18 bits per heavy atom. The predicted molar refractivity (Wildman–Crippen MR) is 120 cm³/mol. The van der Waals surface area contributed by atoms with E-state index >= 15 is 0 Å². The van der Waals surface area contributed by atoms with Crippen LogP contribution in [0.5, 0.6) is 0 Å². The summed E-state index contributed by atoms with van der Waals surface area (Å²) in [6, 6.07) is 0. The molecule has 0 aromatic carbocycles. The molecule has 0 fully saturated rings. The molecule has 0 heterocycles. The highest BCUT2D eigenvalue weighted by Crippen LogP contribution is 2.14. The van der Waals surface area contributed by atoms with Crippen LogP contribution in [0, 0.1) is 0 Å². The van der Waals surface area contributed by atoms with Gasteiger partial charge >= 0.3 is 0 Å². The van der Waals surface area contributed by atoms with Gasteiger partial charge in [0.2, 0.25) is 5.91 Å². The van der Waals surface area contributed by atoms with Crippen molar-refractivity contribution in [2.75, 3.05) is 27.2 Å². The average Bonchev–Trinajstić information content (AvgIpc) is 2.63. The van der Waals surface area contributed by atoms with Gasteiger partial charge < -0.3 is 17.7 Å². The Kier molecular flexibility index (Phi) is 20.9. The highest BCUT2D eigenvalue weighted by Gasteiger charge is 2.18. The quantitative estimate of drug-likeness (QED) is 0.206. The van der Waals surface area contributed by atoms with Gasteiger partial charge in [0, 0.05) is 13.5 Å². The zero-order valence-corrected chi connectivity index (χ0v) is 20.4. The molecule has 28 heavy (non-hydrogen) atoms. The molecule has 1 N–H and O–H groups in total. The summed E-state index contributed by atoms with van der Waals surface area (Å²) in [6.07, 6.45) is 20.1. The second-order valence-electron chi connectivity index (χ2n) is 8.73. The lowest BCUT2D eigenvalue weighted by Crippen LogP contribution is -3.00. The van der Waals surface area contributed by atoms with Crippen LogP contribution in [0.25, 0.3) is 0 Å². The first kappa shape index (κ1) is 29.7. The number of rotatable bonds is 18. The lowest BCUT2D eigenvalue weighted by Gasteiger charge is -2.30. The van der Waals surface area contributed by atoms with Crippen molar-refractivity contribution in [2.45, 2.75) is 111 Å². The molecule has 3 nitrogen and oxygen atoms in total. The zero-order valence-electron chi connectivity index (χ0n) is 19.6. The van der Waals surface area contributed by atoms with Crippen molar-refractivity contribution in [3.63, 3.8) is 0 Å². The summed E-state index contributed by atoms with van der Waals surface area (Å²) in [5.41, 5.74) is 1.15. The molecule has 0 saturated heterocycles. The summed E-state index contributed by atoms with van der Waals surface area (Å²) in [5.74, 6) is 0.0737. The number of nitrogens with one attached hydrogen (secondary N) is 1. The van der Waals surface area contributed by atoms with E-state index in [2.05, 4.69) is 40.2 Å². The third-order valence-corrected chi connectivity index (χ3v) is 5.70. The van der Waals surface area contributed by atoms with Crippen molar-refractivity contribution in [3.05, 3.63) is 11.8 Å². The smallest absolute Gasteiger partial charge is 0.249 e. The van der Waals surface area contributed by atoms with E-state index < -0.39 is 0 Å². The highest BCUT2D eigenvalue weighted by molar-refractivity contribution is 5.87. The Morgan fingerprint density at radius 1 is 0.750 bits per heavy atom. The first-order valence-electron chi connectivity index (χ1n) is 11.7. The topological polar surface area (TPSA) is 29.1 Å². The Labute approximate surface area is 182 Å². The van der Waals surface area contributed by atoms with Gasteiger partial charge in [0.25, 0.3) is 0 Å². The molecule has 0 unspecified atom stereocenters. The van der Waals surface area contributed by atoms with Crippen LogP contribution < -0.4 is 17.7 Å². The Balaban J connectivity index is 0. The number of quaternary nitrogens is 1. The van der Waals surface area contributed by atoms with Crippen LogP contribution in [0.2, 0.25) is 0 Å². The van der Waals surface area contributed by atoms with E-state index in [1.165, 1.54) is 83.5 Å². The number of carbonyl (C=O) groups excluding carboxylic acids is 1. The number of unbranched alkanes of at least 4 members (excludes halogenated alkanes) is 12. The van der Waals surface area contributed by atoms with E-state index in [1.807, 2.05) is 6.08 Å². The Bertz CT molecular complexity index is 394. The Morgan fingerprint density at radius 3 is 1.68 bits per heavy atom. The first-order valence-corrected chi connectivity index (χ1v) is 11.7. The fourth-order valence-corrected chi connectivity index (χ4v) is 3.35. The number of allylic oxidation sites excluding steroid dienone is 1. The van der Waals surface area contributed by atoms with Gasteiger partial charge in [-0.2, -0.15) is 0 Å². The zero-order chi connectivity index (χ0) is 20.4. The van der Waals surface area contributed by atoms with Crippen LogP contribution in [-0.4, -0.2) is 37.6 Å². The summed E-state index contributed by atoms with van der Waals surface area (Å²) < 4.78 is 0.818. The molecule has 0 aromatic rings. The lowest BCUT2D eigenvalue weighted by molar-refractivity contribution is -0.852. The van der Waals surface area contributed by atoms with Gasteiger partial charge in [-0.25, -0.2) is 0 Å². The van der Waals surface area contributed by atoms with E-state index in [0.29, 0.717) is 0 Å². The standard InChI is InChI=1S/C24H48N2O.ClH/c1-6-8-10-12-14-15-16-18-20-25-24(27)22-23(3)26(4,5)21-19-17-13-11-9-7-2;/h22H,6-21H2,1-5H3;1H/b23-22+;.